The highest BCUT2D eigenvalue weighted by Crippen LogP contribution is 2.31. The van der Waals surface area contributed by atoms with Gasteiger partial charge in [0.1, 0.15) is 11.5 Å². The lowest BCUT2D eigenvalue weighted by Gasteiger charge is -2.17. The van der Waals surface area contributed by atoms with E-state index in [0.717, 1.165) is 42.9 Å². The molecule has 0 aromatic heterocycles. The van der Waals surface area contributed by atoms with Gasteiger partial charge in [0, 0.05) is 11.6 Å². The summed E-state index contributed by atoms with van der Waals surface area (Å²) in [6.07, 6.45) is 3.22. The third kappa shape index (κ3) is 7.71. The van der Waals surface area contributed by atoms with E-state index in [4.69, 9.17) is 9.47 Å². The van der Waals surface area contributed by atoms with Crippen molar-refractivity contribution in [1.82, 2.24) is 5.32 Å². The second-order valence-electron chi connectivity index (χ2n) is 6.14. The molecule has 0 aliphatic carbocycles. The lowest BCUT2D eigenvalue weighted by Crippen LogP contribution is -2.24. The lowest BCUT2D eigenvalue weighted by molar-refractivity contribution is 0.166. The largest absolute Gasteiger partial charge is 0.494 e. The molecule has 4 nitrogen and oxygen atoms in total. The molecule has 0 bridgehead atoms. The Kier molecular flexibility index (Phi) is 9.72. The first kappa shape index (κ1) is 19.8. The van der Waals surface area contributed by atoms with Gasteiger partial charge in [0.25, 0.3) is 0 Å². The van der Waals surface area contributed by atoms with Crippen molar-refractivity contribution in [2.45, 2.75) is 65.5 Å². The van der Waals surface area contributed by atoms with Crippen LogP contribution < -0.4 is 14.8 Å². The van der Waals surface area contributed by atoms with E-state index in [9.17, 15) is 5.11 Å². The molecule has 132 valence electrons. The molecule has 23 heavy (non-hydrogen) atoms. The van der Waals surface area contributed by atoms with E-state index in [2.05, 4.69) is 26.1 Å². The number of nitrogens with one attached hydrogen (secondary N) is 1. The average molecular weight is 323 g/mol. The third-order valence-electron chi connectivity index (χ3n) is 3.62. The standard InChI is InChI=1S/C19H33NO3/c1-5-7-12-22-16-9-10-19(17(14-16)18(21)6-2)23-13-8-11-20-15(3)4/h9-10,14-15,18,20-21H,5-8,11-13H2,1-4H3. The summed E-state index contributed by atoms with van der Waals surface area (Å²) in [6.45, 7) is 10.6. The molecule has 0 saturated heterocycles. The molecule has 4 heteroatoms. The monoisotopic (exact) mass is 323 g/mol. The van der Waals surface area contributed by atoms with Gasteiger partial charge in [-0.05, 0) is 44.0 Å². The summed E-state index contributed by atoms with van der Waals surface area (Å²) >= 11 is 0. The maximum Gasteiger partial charge on any atom is 0.125 e. The molecular weight excluding hydrogens is 290 g/mol. The summed E-state index contributed by atoms with van der Waals surface area (Å²) in [5.41, 5.74) is 0.818. The highest BCUT2D eigenvalue weighted by atomic mass is 16.5. The Bertz CT molecular complexity index is 435. The van der Waals surface area contributed by atoms with Crippen molar-refractivity contribution < 1.29 is 14.6 Å². The van der Waals surface area contributed by atoms with Crippen LogP contribution in [-0.4, -0.2) is 30.9 Å². The first-order valence-corrected chi connectivity index (χ1v) is 8.89. The van der Waals surface area contributed by atoms with Gasteiger partial charge in [-0.2, -0.15) is 0 Å². The molecule has 1 unspecified atom stereocenters. The molecule has 0 spiro atoms. The van der Waals surface area contributed by atoms with Crippen LogP contribution in [0.15, 0.2) is 18.2 Å². The average Bonchev–Trinajstić information content (AvgIpc) is 2.54. The van der Waals surface area contributed by atoms with Crippen LogP contribution in [-0.2, 0) is 0 Å². The topological polar surface area (TPSA) is 50.7 Å². The number of hydrogen-bond acceptors (Lipinski definition) is 4. The zero-order chi connectivity index (χ0) is 17.1. The second kappa shape index (κ2) is 11.3. The van der Waals surface area contributed by atoms with Crippen LogP contribution in [0, 0.1) is 0 Å². The van der Waals surface area contributed by atoms with Gasteiger partial charge in [-0.3, -0.25) is 0 Å². The summed E-state index contributed by atoms with van der Waals surface area (Å²) in [7, 11) is 0. The molecule has 0 aliphatic heterocycles. The molecule has 0 saturated carbocycles. The maximum atomic E-state index is 10.2. The van der Waals surface area contributed by atoms with Crippen LogP contribution >= 0.6 is 0 Å². The summed E-state index contributed by atoms with van der Waals surface area (Å²) in [5, 5.41) is 13.6. The number of ether oxygens (including phenoxy) is 2. The van der Waals surface area contributed by atoms with Gasteiger partial charge in [0.05, 0.1) is 19.3 Å². The minimum atomic E-state index is -0.520. The zero-order valence-corrected chi connectivity index (χ0v) is 15.1. The van der Waals surface area contributed by atoms with Gasteiger partial charge in [-0.1, -0.05) is 34.1 Å². The van der Waals surface area contributed by atoms with Gasteiger partial charge in [0.2, 0.25) is 0 Å². The van der Waals surface area contributed by atoms with E-state index in [0.29, 0.717) is 25.7 Å². The fourth-order valence-corrected chi connectivity index (χ4v) is 2.21. The van der Waals surface area contributed by atoms with E-state index in [1.807, 2.05) is 25.1 Å². The summed E-state index contributed by atoms with van der Waals surface area (Å²) < 4.78 is 11.6. The Hall–Kier alpha value is -1.26. The fourth-order valence-electron chi connectivity index (χ4n) is 2.21. The number of benzene rings is 1. The first-order valence-electron chi connectivity index (χ1n) is 8.89. The second-order valence-corrected chi connectivity index (χ2v) is 6.14. The highest BCUT2D eigenvalue weighted by molar-refractivity contribution is 5.41. The molecule has 1 rings (SSSR count). The predicted octanol–water partition coefficient (Wildman–Crippen LogP) is 4.08. The third-order valence-corrected chi connectivity index (χ3v) is 3.62. The van der Waals surface area contributed by atoms with Gasteiger partial charge >= 0.3 is 0 Å². The van der Waals surface area contributed by atoms with Crippen LogP contribution in [0.5, 0.6) is 11.5 Å². The Morgan fingerprint density at radius 2 is 1.83 bits per heavy atom. The molecule has 0 heterocycles. The number of aliphatic hydroxyl groups excluding tert-OH is 1. The van der Waals surface area contributed by atoms with Crippen molar-refractivity contribution in [3.8, 4) is 11.5 Å². The van der Waals surface area contributed by atoms with E-state index >= 15 is 0 Å². The number of hydrogen-bond donors (Lipinski definition) is 2. The van der Waals surface area contributed by atoms with Gasteiger partial charge in [-0.15, -0.1) is 0 Å². The molecule has 0 radical (unpaired) electrons. The Morgan fingerprint density at radius 1 is 1.09 bits per heavy atom. The van der Waals surface area contributed by atoms with Crippen molar-refractivity contribution in [2.24, 2.45) is 0 Å². The lowest BCUT2D eigenvalue weighted by atomic mass is 10.1. The van der Waals surface area contributed by atoms with E-state index in [1.54, 1.807) is 0 Å². The van der Waals surface area contributed by atoms with Crippen molar-refractivity contribution >= 4 is 0 Å². The minimum Gasteiger partial charge on any atom is -0.494 e. The normalized spacial score (nSPS) is 12.4. The van der Waals surface area contributed by atoms with Crippen LogP contribution in [0.3, 0.4) is 0 Å². The van der Waals surface area contributed by atoms with E-state index in [1.165, 1.54) is 0 Å². The van der Waals surface area contributed by atoms with Crippen molar-refractivity contribution in [1.29, 1.82) is 0 Å². The highest BCUT2D eigenvalue weighted by Gasteiger charge is 2.13. The maximum absolute atomic E-state index is 10.2. The smallest absolute Gasteiger partial charge is 0.125 e. The van der Waals surface area contributed by atoms with Gasteiger partial charge in [0.15, 0.2) is 0 Å². The molecule has 1 atom stereocenters. The molecule has 0 fully saturated rings. The number of aliphatic hydroxyl groups is 1. The first-order chi connectivity index (χ1) is 11.1. The van der Waals surface area contributed by atoms with Gasteiger partial charge < -0.3 is 19.9 Å². The zero-order valence-electron chi connectivity index (χ0n) is 15.1. The van der Waals surface area contributed by atoms with Crippen LogP contribution in [0.25, 0.3) is 0 Å². The number of rotatable bonds is 12. The van der Waals surface area contributed by atoms with Crippen LogP contribution in [0.4, 0.5) is 0 Å². The molecule has 0 aliphatic rings. The fraction of sp³-hybridized carbons (Fsp3) is 0.684. The molecule has 2 N–H and O–H groups in total. The molecular formula is C19H33NO3. The molecule has 0 amide bonds. The number of unbranched alkanes of at least 4 members (excludes halogenated alkanes) is 1. The molecule has 1 aromatic carbocycles. The summed E-state index contributed by atoms with van der Waals surface area (Å²) in [5.74, 6) is 1.56. The predicted molar refractivity (Wildman–Crippen MR) is 95.3 cm³/mol. The Labute approximate surface area is 141 Å². The van der Waals surface area contributed by atoms with E-state index in [-0.39, 0.29) is 0 Å². The molecule has 1 aromatic rings. The van der Waals surface area contributed by atoms with Crippen molar-refractivity contribution in [2.75, 3.05) is 19.8 Å². The quantitative estimate of drug-likeness (QED) is 0.569. The van der Waals surface area contributed by atoms with Crippen molar-refractivity contribution in [3.63, 3.8) is 0 Å². The van der Waals surface area contributed by atoms with Gasteiger partial charge in [-0.25, -0.2) is 0 Å². The SMILES string of the molecule is CCCCOc1ccc(OCCCNC(C)C)c(C(O)CC)c1. The van der Waals surface area contributed by atoms with Crippen molar-refractivity contribution in [3.05, 3.63) is 23.8 Å². The van der Waals surface area contributed by atoms with Crippen LogP contribution in [0.2, 0.25) is 0 Å². The Balaban J connectivity index is 2.62. The van der Waals surface area contributed by atoms with Crippen LogP contribution in [0.1, 0.15) is 65.0 Å². The summed E-state index contributed by atoms with van der Waals surface area (Å²) in [4.78, 5) is 0. The Morgan fingerprint density at radius 3 is 2.48 bits per heavy atom. The van der Waals surface area contributed by atoms with E-state index < -0.39 is 6.10 Å². The summed E-state index contributed by atoms with van der Waals surface area (Å²) in [6, 6.07) is 6.23. The minimum absolute atomic E-state index is 0.493.